The Bertz CT molecular complexity index is 1430. The van der Waals surface area contributed by atoms with Gasteiger partial charge >= 0.3 is 6.01 Å². The zero-order valence-electron chi connectivity index (χ0n) is 24.2. The average Bonchev–Trinajstić information content (AvgIpc) is 3.40. The summed E-state index contributed by atoms with van der Waals surface area (Å²) >= 11 is 6.67. The number of benzene rings is 1. The van der Waals surface area contributed by atoms with Gasteiger partial charge in [-0.15, -0.1) is 0 Å². The molecule has 3 unspecified atom stereocenters. The van der Waals surface area contributed by atoms with Crippen molar-refractivity contribution < 1.29 is 13.9 Å². The third-order valence-electron chi connectivity index (χ3n) is 9.86. The molecule has 2 fully saturated rings. The number of carbonyl (C=O) groups is 1. The number of piperazine rings is 1. The Morgan fingerprint density at radius 3 is 2.81 bits per heavy atom. The second kappa shape index (κ2) is 11.8. The lowest BCUT2D eigenvalue weighted by Gasteiger charge is -2.45. The maximum Gasteiger partial charge on any atom is 0.318 e. The number of nitriles is 1. The highest BCUT2D eigenvalue weighted by Crippen LogP contribution is 2.49. The normalized spacial score (nSPS) is 25.6. The van der Waals surface area contributed by atoms with Crippen molar-refractivity contribution in [2.24, 2.45) is 0 Å². The highest BCUT2D eigenvalue weighted by molar-refractivity contribution is 6.31. The van der Waals surface area contributed by atoms with Crippen LogP contribution in [0.25, 0.3) is 0 Å². The Morgan fingerprint density at radius 2 is 2.05 bits per heavy atom. The minimum atomic E-state index is -1.00. The summed E-state index contributed by atoms with van der Waals surface area (Å²) in [5, 5.41) is 10.3. The number of ether oxygens (including phenoxy) is 1. The summed E-state index contributed by atoms with van der Waals surface area (Å²) in [6, 6.07) is 8.69. The Hall–Kier alpha value is -3.22. The van der Waals surface area contributed by atoms with Crippen LogP contribution in [0.15, 0.2) is 30.6 Å². The summed E-state index contributed by atoms with van der Waals surface area (Å²) in [5.74, 6) is -0.946. The van der Waals surface area contributed by atoms with Crippen LogP contribution in [-0.2, 0) is 29.5 Å². The van der Waals surface area contributed by atoms with E-state index >= 15 is 0 Å². The maximum absolute atomic E-state index is 13.8. The van der Waals surface area contributed by atoms with Gasteiger partial charge in [-0.1, -0.05) is 30.3 Å². The summed E-state index contributed by atoms with van der Waals surface area (Å²) in [6.45, 7) is 5.91. The van der Waals surface area contributed by atoms with E-state index < -0.39 is 17.8 Å². The fourth-order valence-corrected chi connectivity index (χ4v) is 7.87. The number of rotatable bonds is 6. The molecule has 1 amide bonds. The van der Waals surface area contributed by atoms with E-state index in [2.05, 4.69) is 41.6 Å². The van der Waals surface area contributed by atoms with E-state index in [0.717, 1.165) is 80.0 Å². The molecular formula is C32H38ClFN6O2. The predicted octanol–water partition coefficient (Wildman–Crippen LogP) is 4.78. The standard InChI is InChI=1S/C32H38ClFN6O2/c1-21(34)30(41)40-17-16-39(19-22(40)11-14-35)29-25-10-13-32(12-4-7-24-26(32)8-3-9-27(24)33)18-28(25)36-31(37-29)42-20-23-6-5-15-38(23)2/h3,8-9,22-23H,1,4-7,10-13,15-20H2,2H3. The van der Waals surface area contributed by atoms with E-state index in [1.165, 1.54) is 16.0 Å². The number of hydrogen-bond donors (Lipinski definition) is 0. The van der Waals surface area contributed by atoms with Crippen LogP contribution >= 0.6 is 11.6 Å². The molecule has 0 saturated carbocycles. The molecule has 1 spiro atoms. The first-order chi connectivity index (χ1) is 20.3. The smallest absolute Gasteiger partial charge is 0.318 e. The number of hydrogen-bond acceptors (Lipinski definition) is 7. The minimum absolute atomic E-state index is 0.0318. The largest absolute Gasteiger partial charge is 0.462 e. The molecule has 2 aromatic rings. The van der Waals surface area contributed by atoms with Crippen molar-refractivity contribution in [3.05, 3.63) is 58.0 Å². The number of aromatic nitrogens is 2. The summed E-state index contributed by atoms with van der Waals surface area (Å²) < 4.78 is 20.1. The third kappa shape index (κ3) is 5.35. The molecule has 6 rings (SSSR count). The number of fused-ring (bicyclic) bond motifs is 3. The summed E-state index contributed by atoms with van der Waals surface area (Å²) in [5.41, 5.74) is 4.68. The molecule has 10 heteroatoms. The van der Waals surface area contributed by atoms with E-state index in [9.17, 15) is 14.4 Å². The van der Waals surface area contributed by atoms with Gasteiger partial charge in [-0.25, -0.2) is 4.39 Å². The van der Waals surface area contributed by atoms with Crippen molar-refractivity contribution in [2.75, 3.05) is 44.7 Å². The Labute approximate surface area is 252 Å². The number of nitrogens with zero attached hydrogens (tertiary/aromatic N) is 6. The molecule has 4 aliphatic rings. The van der Waals surface area contributed by atoms with Crippen LogP contribution in [0.4, 0.5) is 10.2 Å². The Morgan fingerprint density at radius 1 is 1.19 bits per heavy atom. The molecule has 1 aromatic heterocycles. The van der Waals surface area contributed by atoms with Gasteiger partial charge in [0.05, 0.1) is 24.2 Å². The van der Waals surface area contributed by atoms with Gasteiger partial charge in [0.25, 0.3) is 5.91 Å². The molecule has 2 aliphatic carbocycles. The van der Waals surface area contributed by atoms with Gasteiger partial charge in [0, 0.05) is 41.7 Å². The number of likely N-dealkylation sites (tertiary alicyclic amines) is 1. The molecule has 8 nitrogen and oxygen atoms in total. The fourth-order valence-electron chi connectivity index (χ4n) is 7.60. The van der Waals surface area contributed by atoms with Crippen molar-refractivity contribution in [1.82, 2.24) is 19.8 Å². The first-order valence-corrected chi connectivity index (χ1v) is 15.5. The molecule has 0 N–H and O–H groups in total. The van der Waals surface area contributed by atoms with Gasteiger partial charge in [-0.05, 0) is 82.2 Å². The van der Waals surface area contributed by atoms with E-state index in [1.54, 1.807) is 0 Å². The van der Waals surface area contributed by atoms with Gasteiger partial charge < -0.3 is 19.4 Å². The third-order valence-corrected chi connectivity index (χ3v) is 10.2. The molecule has 2 saturated heterocycles. The van der Waals surface area contributed by atoms with Crippen LogP contribution in [0.2, 0.25) is 5.02 Å². The highest BCUT2D eigenvalue weighted by Gasteiger charge is 2.43. The van der Waals surface area contributed by atoms with Gasteiger partial charge in [-0.2, -0.15) is 15.2 Å². The van der Waals surface area contributed by atoms with Gasteiger partial charge in [0.2, 0.25) is 0 Å². The maximum atomic E-state index is 13.8. The van der Waals surface area contributed by atoms with Crippen LogP contribution in [0.1, 0.15) is 60.9 Å². The second-order valence-electron chi connectivity index (χ2n) is 12.3. The van der Waals surface area contributed by atoms with Gasteiger partial charge in [0.15, 0.2) is 5.83 Å². The molecule has 2 aliphatic heterocycles. The molecule has 222 valence electrons. The summed E-state index contributed by atoms with van der Waals surface area (Å²) in [4.78, 5) is 28.4. The topological polar surface area (TPSA) is 85.6 Å². The Kier molecular flexibility index (Phi) is 8.12. The highest BCUT2D eigenvalue weighted by atomic mass is 35.5. The molecule has 3 heterocycles. The molecule has 0 bridgehead atoms. The van der Waals surface area contributed by atoms with Crippen LogP contribution in [0.3, 0.4) is 0 Å². The van der Waals surface area contributed by atoms with E-state index in [-0.39, 0.29) is 18.4 Å². The average molecular weight is 593 g/mol. The van der Waals surface area contributed by atoms with Crippen molar-refractivity contribution >= 4 is 23.3 Å². The number of likely N-dealkylation sites (N-methyl/N-ethyl adjacent to an activating group) is 1. The minimum Gasteiger partial charge on any atom is -0.462 e. The number of halogens is 2. The zero-order chi connectivity index (χ0) is 29.4. The van der Waals surface area contributed by atoms with E-state index in [0.29, 0.717) is 31.7 Å². The van der Waals surface area contributed by atoms with Crippen molar-refractivity contribution in [3.63, 3.8) is 0 Å². The van der Waals surface area contributed by atoms with Crippen LogP contribution in [0.5, 0.6) is 6.01 Å². The zero-order valence-corrected chi connectivity index (χ0v) is 25.0. The molecular weight excluding hydrogens is 555 g/mol. The lowest BCUT2D eigenvalue weighted by atomic mass is 9.62. The first-order valence-electron chi connectivity index (χ1n) is 15.1. The molecule has 1 aromatic carbocycles. The van der Waals surface area contributed by atoms with Crippen LogP contribution in [-0.4, -0.2) is 77.6 Å². The number of amides is 1. The predicted molar refractivity (Wildman–Crippen MR) is 159 cm³/mol. The van der Waals surface area contributed by atoms with E-state index in [4.69, 9.17) is 26.3 Å². The van der Waals surface area contributed by atoms with Gasteiger partial charge in [0.1, 0.15) is 12.4 Å². The van der Waals surface area contributed by atoms with E-state index in [1.807, 2.05) is 6.07 Å². The Balaban J connectivity index is 1.35. The SMILES string of the molecule is C=C(F)C(=O)N1CCN(c2nc(OCC3CCCN3C)nc3c2CCC2(CCCc4c(Cl)cccc42)C3)CC1CC#N. The number of carbonyl (C=O) groups excluding carboxylic acids is 1. The second-order valence-corrected chi connectivity index (χ2v) is 12.7. The van der Waals surface area contributed by atoms with Crippen molar-refractivity contribution in [3.8, 4) is 12.1 Å². The molecule has 0 radical (unpaired) electrons. The molecule has 42 heavy (non-hydrogen) atoms. The van der Waals surface area contributed by atoms with Crippen LogP contribution in [0, 0.1) is 11.3 Å². The number of anilines is 1. The summed E-state index contributed by atoms with van der Waals surface area (Å²) in [6.07, 6.45) is 8.07. The first kappa shape index (κ1) is 28.9. The van der Waals surface area contributed by atoms with Crippen molar-refractivity contribution in [1.29, 1.82) is 5.26 Å². The lowest BCUT2D eigenvalue weighted by Crippen LogP contribution is -2.55. The van der Waals surface area contributed by atoms with Gasteiger partial charge in [-0.3, -0.25) is 4.79 Å². The van der Waals surface area contributed by atoms with Crippen LogP contribution < -0.4 is 9.64 Å². The molecule has 3 atom stereocenters. The fraction of sp³-hybridized carbons (Fsp3) is 0.562. The lowest BCUT2D eigenvalue weighted by molar-refractivity contribution is -0.131. The monoisotopic (exact) mass is 592 g/mol. The van der Waals surface area contributed by atoms with Crippen molar-refractivity contribution in [2.45, 2.75) is 75.3 Å². The quantitative estimate of drug-likeness (QED) is 0.446. The summed E-state index contributed by atoms with van der Waals surface area (Å²) in [7, 11) is 2.12.